The Morgan fingerprint density at radius 1 is 1.36 bits per heavy atom. The highest BCUT2D eigenvalue weighted by atomic mass is 32.2. The summed E-state index contributed by atoms with van der Waals surface area (Å²) in [5.74, 6) is 0. The maximum absolute atomic E-state index is 11.3. The average Bonchev–Trinajstić information content (AvgIpc) is 2.40. The quantitative estimate of drug-likeness (QED) is 0.652. The van der Waals surface area contributed by atoms with E-state index in [2.05, 4.69) is 4.99 Å². The van der Waals surface area contributed by atoms with E-state index in [4.69, 9.17) is 5.14 Å². The maximum atomic E-state index is 11.3. The van der Waals surface area contributed by atoms with Gasteiger partial charge in [0.1, 0.15) is 0 Å². The molecule has 0 radical (unpaired) electrons. The summed E-state index contributed by atoms with van der Waals surface area (Å²) in [6.45, 7) is 1.49. The smallest absolute Gasteiger partial charge is 0.238 e. The minimum absolute atomic E-state index is 0.670. The molecule has 1 atom stereocenters. The number of rotatable bonds is 1. The fourth-order valence-corrected chi connectivity index (χ4v) is 1.93. The third-order valence-corrected chi connectivity index (χ3v) is 3.64. The first kappa shape index (κ1) is 9.36. The van der Waals surface area contributed by atoms with Crippen molar-refractivity contribution in [2.24, 2.45) is 10.1 Å². The highest BCUT2D eigenvalue weighted by Gasteiger charge is 2.35. The number of hydrogen-bond donors (Lipinski definition) is 1. The van der Waals surface area contributed by atoms with Crippen LogP contribution in [0, 0.1) is 0 Å². The summed E-state index contributed by atoms with van der Waals surface area (Å²) in [6.07, 6.45) is 1.57. The predicted octanol–water partition coefficient (Wildman–Crippen LogP) is -0.895. The van der Waals surface area contributed by atoms with Crippen LogP contribution in [0.3, 0.4) is 0 Å². The first-order valence-electron chi connectivity index (χ1n) is 4.13. The molecule has 4 nitrogen and oxygen atoms in total. The monoisotopic (exact) mass is 210 g/mol. The van der Waals surface area contributed by atoms with E-state index in [0.717, 1.165) is 5.22 Å². The zero-order valence-corrected chi connectivity index (χ0v) is 8.45. The fourth-order valence-electron chi connectivity index (χ4n) is 1.42. The van der Waals surface area contributed by atoms with Gasteiger partial charge in [-0.1, -0.05) is 18.2 Å². The Bertz CT molecular complexity index is 554. The summed E-state index contributed by atoms with van der Waals surface area (Å²) in [6, 6.07) is 7.22. The van der Waals surface area contributed by atoms with Crippen molar-refractivity contribution in [1.82, 2.24) is 0 Å². The molecule has 0 aliphatic carbocycles. The highest BCUT2D eigenvalue weighted by molar-refractivity contribution is 7.90. The molecule has 14 heavy (non-hydrogen) atoms. The first-order valence-corrected chi connectivity index (χ1v) is 5.67. The van der Waals surface area contributed by atoms with Gasteiger partial charge in [-0.3, -0.25) is 4.99 Å². The Labute approximate surface area is 81.8 Å². The van der Waals surface area contributed by atoms with E-state index in [1.54, 1.807) is 12.1 Å². The zero-order chi connectivity index (χ0) is 10.4. The summed E-state index contributed by atoms with van der Waals surface area (Å²) in [7, 11) is -3.69. The van der Waals surface area contributed by atoms with Crippen LogP contribution in [0.4, 0.5) is 0 Å². The summed E-state index contributed by atoms with van der Waals surface area (Å²) in [5.41, 5.74) is 0. The number of nitrogens with two attached hydrogens (primary N) is 1. The van der Waals surface area contributed by atoms with Crippen LogP contribution < -0.4 is 15.7 Å². The third-order valence-electron chi connectivity index (χ3n) is 2.28. The number of fused-ring (bicyclic) bond motifs is 1. The van der Waals surface area contributed by atoms with Gasteiger partial charge in [0.2, 0.25) is 10.0 Å². The van der Waals surface area contributed by atoms with Crippen LogP contribution in [-0.2, 0) is 10.0 Å². The molecule has 1 heterocycles. The van der Waals surface area contributed by atoms with Gasteiger partial charge in [0.05, 0.1) is 5.36 Å². The van der Waals surface area contributed by atoms with Crippen LogP contribution in [0.5, 0.6) is 0 Å². The van der Waals surface area contributed by atoms with Crippen molar-refractivity contribution in [3.05, 3.63) is 34.8 Å². The van der Waals surface area contributed by atoms with E-state index < -0.39 is 14.9 Å². The van der Waals surface area contributed by atoms with E-state index in [9.17, 15) is 8.42 Å². The van der Waals surface area contributed by atoms with Gasteiger partial charge < -0.3 is 0 Å². The van der Waals surface area contributed by atoms with E-state index in [0.29, 0.717) is 5.36 Å². The van der Waals surface area contributed by atoms with Crippen molar-refractivity contribution in [2.75, 3.05) is 0 Å². The van der Waals surface area contributed by atoms with Crippen LogP contribution in [0.2, 0.25) is 0 Å². The fraction of sp³-hybridized carbons (Fsp3) is 0.222. The molecule has 1 unspecified atom stereocenters. The molecule has 0 spiro atoms. The van der Waals surface area contributed by atoms with E-state index in [1.807, 2.05) is 18.2 Å². The SMILES string of the molecule is CC1(S(N)(=O)=O)C=c2ccccc2=N1. The lowest BCUT2D eigenvalue weighted by Gasteiger charge is -2.14. The third kappa shape index (κ3) is 1.25. The number of hydrogen-bond acceptors (Lipinski definition) is 3. The molecule has 1 aromatic carbocycles. The minimum atomic E-state index is -3.69. The van der Waals surface area contributed by atoms with E-state index in [-0.39, 0.29) is 0 Å². The number of benzene rings is 1. The Balaban J connectivity index is 2.77. The molecule has 0 saturated heterocycles. The van der Waals surface area contributed by atoms with Gasteiger partial charge in [0.25, 0.3) is 0 Å². The van der Waals surface area contributed by atoms with Crippen molar-refractivity contribution in [3.8, 4) is 0 Å². The van der Waals surface area contributed by atoms with Gasteiger partial charge in [-0.15, -0.1) is 0 Å². The molecule has 2 N–H and O–H groups in total. The molecule has 0 bridgehead atoms. The predicted molar refractivity (Wildman–Crippen MR) is 53.2 cm³/mol. The van der Waals surface area contributed by atoms with Crippen molar-refractivity contribution in [1.29, 1.82) is 0 Å². The second-order valence-corrected chi connectivity index (χ2v) is 5.33. The summed E-state index contributed by atoms with van der Waals surface area (Å²) >= 11 is 0. The van der Waals surface area contributed by atoms with Crippen LogP contribution in [0.15, 0.2) is 29.3 Å². The second kappa shape index (κ2) is 2.65. The first-order chi connectivity index (χ1) is 6.42. The van der Waals surface area contributed by atoms with Crippen LogP contribution >= 0.6 is 0 Å². The topological polar surface area (TPSA) is 72.5 Å². The van der Waals surface area contributed by atoms with E-state index >= 15 is 0 Å². The Morgan fingerprint density at radius 3 is 2.57 bits per heavy atom. The summed E-state index contributed by atoms with van der Waals surface area (Å²) in [4.78, 5) is 2.78. The van der Waals surface area contributed by atoms with Crippen LogP contribution in [0.25, 0.3) is 6.08 Å². The van der Waals surface area contributed by atoms with Gasteiger partial charge in [-0.25, -0.2) is 13.6 Å². The molecule has 1 aliphatic rings. The minimum Gasteiger partial charge on any atom is -0.256 e. The average molecular weight is 210 g/mol. The Hall–Kier alpha value is -1.20. The van der Waals surface area contributed by atoms with Gasteiger partial charge in [-0.2, -0.15) is 0 Å². The maximum Gasteiger partial charge on any atom is 0.238 e. The van der Waals surface area contributed by atoms with Gasteiger partial charge in [0, 0.05) is 0 Å². The van der Waals surface area contributed by atoms with Gasteiger partial charge in [-0.05, 0) is 24.3 Å². The van der Waals surface area contributed by atoms with Crippen molar-refractivity contribution in [3.63, 3.8) is 0 Å². The Morgan fingerprint density at radius 2 is 2.00 bits per heavy atom. The molecule has 5 heteroatoms. The van der Waals surface area contributed by atoms with Crippen molar-refractivity contribution >= 4 is 16.1 Å². The molecule has 0 fully saturated rings. The molecule has 74 valence electrons. The highest BCUT2D eigenvalue weighted by Crippen LogP contribution is 2.18. The van der Waals surface area contributed by atoms with E-state index in [1.165, 1.54) is 6.92 Å². The molecular weight excluding hydrogens is 200 g/mol. The normalized spacial score (nSPS) is 25.0. The molecule has 0 saturated carbocycles. The lowest BCUT2D eigenvalue weighted by atomic mass is 10.2. The molecule has 0 aromatic heterocycles. The molecule has 1 aromatic rings. The second-order valence-electron chi connectivity index (χ2n) is 3.41. The largest absolute Gasteiger partial charge is 0.256 e. The van der Waals surface area contributed by atoms with Crippen molar-refractivity contribution < 1.29 is 8.42 Å². The summed E-state index contributed by atoms with van der Waals surface area (Å²) < 4.78 is 22.6. The standard InChI is InChI=1S/C9H10N2O2S/c1-9(14(10,12)13)6-7-4-2-3-5-8(7)11-9/h2-6H,1H3,(H2,10,12,13). The molecular formula is C9H10N2O2S. The zero-order valence-electron chi connectivity index (χ0n) is 7.64. The van der Waals surface area contributed by atoms with Gasteiger partial charge >= 0.3 is 0 Å². The number of para-hydroxylation sites is 1. The lowest BCUT2D eigenvalue weighted by molar-refractivity contribution is 0.574. The molecule has 1 aliphatic heterocycles. The van der Waals surface area contributed by atoms with Crippen LogP contribution in [0.1, 0.15) is 6.92 Å². The lowest BCUT2D eigenvalue weighted by Crippen LogP contribution is -2.36. The van der Waals surface area contributed by atoms with Crippen molar-refractivity contribution in [2.45, 2.75) is 11.8 Å². The van der Waals surface area contributed by atoms with Crippen LogP contribution in [-0.4, -0.2) is 13.3 Å². The van der Waals surface area contributed by atoms with Gasteiger partial charge in [0.15, 0.2) is 4.87 Å². The Kier molecular flexibility index (Phi) is 1.77. The number of primary sulfonamides is 1. The summed E-state index contributed by atoms with van der Waals surface area (Å²) in [5, 5.41) is 6.58. The molecule has 2 rings (SSSR count). The molecule has 0 amide bonds. The number of nitrogens with zero attached hydrogens (tertiary/aromatic N) is 1. The number of sulfonamides is 1.